The number of ether oxygens (including phenoxy) is 3. The maximum atomic E-state index is 9.93. The van der Waals surface area contributed by atoms with Crippen molar-refractivity contribution in [3.8, 4) is 0 Å². The zero-order valence-electron chi connectivity index (χ0n) is 15.2. The smallest absolute Gasteiger partial charge is 0.0786 e. The summed E-state index contributed by atoms with van der Waals surface area (Å²) in [6.07, 6.45) is 5.61. The molecular weight excluding hydrogens is 298 g/mol. The number of hydrogen-bond donors (Lipinski definition) is 0. The van der Waals surface area contributed by atoms with Gasteiger partial charge >= 0.3 is 0 Å². The van der Waals surface area contributed by atoms with Crippen LogP contribution in [0.1, 0.15) is 39.0 Å². The van der Waals surface area contributed by atoms with Crippen LogP contribution in [0.15, 0.2) is 0 Å². The molecule has 1 aliphatic rings. The number of likely N-dealkylation sites (tertiary alicyclic amines) is 1. The SMILES string of the molecule is CCCC[N+]1(C)CCCC1.COCCOCCOCCC(=O)[O-]. The Morgan fingerprint density at radius 3 is 2.13 bits per heavy atom. The van der Waals surface area contributed by atoms with Gasteiger partial charge in [-0.15, -0.1) is 0 Å². The Balaban J connectivity index is 0.000000433. The Morgan fingerprint density at radius 1 is 1.04 bits per heavy atom. The Bertz CT molecular complexity index is 280. The summed E-state index contributed by atoms with van der Waals surface area (Å²) < 4.78 is 16.1. The number of carbonyl (C=O) groups is 1. The van der Waals surface area contributed by atoms with Gasteiger partial charge in [0.25, 0.3) is 0 Å². The summed E-state index contributed by atoms with van der Waals surface area (Å²) in [6, 6.07) is 0. The van der Waals surface area contributed by atoms with Gasteiger partial charge in [0.2, 0.25) is 0 Å². The molecule has 0 amide bonds. The molecular formula is C17H35NO5. The Hall–Kier alpha value is -0.690. The summed E-state index contributed by atoms with van der Waals surface area (Å²) in [6.45, 7) is 8.67. The fourth-order valence-corrected chi connectivity index (χ4v) is 2.48. The topological polar surface area (TPSA) is 67.8 Å². The molecule has 6 nitrogen and oxygen atoms in total. The van der Waals surface area contributed by atoms with Crippen molar-refractivity contribution in [2.45, 2.75) is 39.0 Å². The summed E-state index contributed by atoms with van der Waals surface area (Å²) in [5, 5.41) is 9.93. The molecule has 1 fully saturated rings. The average Bonchev–Trinajstić information content (AvgIpc) is 2.95. The van der Waals surface area contributed by atoms with Crippen LogP contribution < -0.4 is 5.11 Å². The van der Waals surface area contributed by atoms with E-state index in [1.807, 2.05) is 0 Å². The highest BCUT2D eigenvalue weighted by Gasteiger charge is 2.25. The normalized spacial score (nSPS) is 16.0. The van der Waals surface area contributed by atoms with Crippen LogP contribution in [0.5, 0.6) is 0 Å². The van der Waals surface area contributed by atoms with Crippen LogP contribution in [-0.4, -0.2) is 77.3 Å². The van der Waals surface area contributed by atoms with Crippen molar-refractivity contribution in [2.75, 3.05) is 66.8 Å². The van der Waals surface area contributed by atoms with Crippen LogP contribution in [-0.2, 0) is 19.0 Å². The molecule has 0 bridgehead atoms. The van der Waals surface area contributed by atoms with Crippen LogP contribution >= 0.6 is 0 Å². The van der Waals surface area contributed by atoms with E-state index in [2.05, 4.69) is 14.0 Å². The number of carbonyl (C=O) groups excluding carboxylic acids is 1. The number of nitrogens with zero attached hydrogens (tertiary/aromatic N) is 1. The minimum Gasteiger partial charge on any atom is -0.550 e. The lowest BCUT2D eigenvalue weighted by atomic mass is 10.3. The third-order valence-electron chi connectivity index (χ3n) is 3.95. The maximum Gasteiger partial charge on any atom is 0.0786 e. The van der Waals surface area contributed by atoms with E-state index in [9.17, 15) is 9.90 Å². The molecule has 1 heterocycles. The van der Waals surface area contributed by atoms with Crippen LogP contribution in [0.3, 0.4) is 0 Å². The fourth-order valence-electron chi connectivity index (χ4n) is 2.48. The van der Waals surface area contributed by atoms with E-state index in [0.29, 0.717) is 26.4 Å². The molecule has 0 aromatic carbocycles. The predicted molar refractivity (Wildman–Crippen MR) is 88.1 cm³/mol. The number of hydrogen-bond acceptors (Lipinski definition) is 5. The van der Waals surface area contributed by atoms with E-state index < -0.39 is 5.97 Å². The first-order valence-electron chi connectivity index (χ1n) is 8.72. The molecule has 138 valence electrons. The van der Waals surface area contributed by atoms with Crippen molar-refractivity contribution in [1.82, 2.24) is 0 Å². The molecule has 0 atom stereocenters. The van der Waals surface area contributed by atoms with E-state index in [-0.39, 0.29) is 13.0 Å². The van der Waals surface area contributed by atoms with Gasteiger partial charge in [-0.25, -0.2) is 0 Å². The molecule has 23 heavy (non-hydrogen) atoms. The van der Waals surface area contributed by atoms with E-state index in [1.54, 1.807) is 7.11 Å². The molecule has 0 aromatic heterocycles. The highest BCUT2D eigenvalue weighted by molar-refractivity contribution is 5.64. The van der Waals surface area contributed by atoms with Crippen LogP contribution in [0.4, 0.5) is 0 Å². The number of rotatable bonds is 12. The summed E-state index contributed by atoms with van der Waals surface area (Å²) in [4.78, 5) is 9.93. The van der Waals surface area contributed by atoms with Gasteiger partial charge in [0.1, 0.15) is 0 Å². The number of unbranched alkanes of at least 4 members (excludes halogenated alkanes) is 1. The quantitative estimate of drug-likeness (QED) is 0.391. The average molecular weight is 333 g/mol. The minimum atomic E-state index is -1.10. The highest BCUT2D eigenvalue weighted by Crippen LogP contribution is 2.16. The second-order valence-electron chi connectivity index (χ2n) is 6.19. The van der Waals surface area contributed by atoms with E-state index in [1.165, 1.54) is 49.8 Å². The van der Waals surface area contributed by atoms with Gasteiger partial charge < -0.3 is 28.6 Å². The molecule has 0 aromatic rings. The lowest BCUT2D eigenvalue weighted by molar-refractivity contribution is -0.897. The molecule has 1 aliphatic heterocycles. The lowest BCUT2D eigenvalue weighted by Gasteiger charge is -2.28. The van der Waals surface area contributed by atoms with E-state index in [0.717, 1.165) is 0 Å². The van der Waals surface area contributed by atoms with Gasteiger partial charge in [-0.1, -0.05) is 13.3 Å². The molecule has 1 saturated heterocycles. The lowest BCUT2D eigenvalue weighted by Crippen LogP contribution is -2.41. The molecule has 0 saturated carbocycles. The van der Waals surface area contributed by atoms with Crippen LogP contribution in [0.2, 0.25) is 0 Å². The Morgan fingerprint density at radius 2 is 1.61 bits per heavy atom. The third kappa shape index (κ3) is 14.6. The van der Waals surface area contributed by atoms with Crippen molar-refractivity contribution >= 4 is 5.97 Å². The monoisotopic (exact) mass is 333 g/mol. The molecule has 0 aliphatic carbocycles. The van der Waals surface area contributed by atoms with Crippen LogP contribution in [0, 0.1) is 0 Å². The molecule has 0 N–H and O–H groups in total. The van der Waals surface area contributed by atoms with Gasteiger partial charge in [-0.3, -0.25) is 0 Å². The third-order valence-corrected chi connectivity index (χ3v) is 3.95. The number of carboxylic acid groups (broad SMARTS) is 1. The first kappa shape index (κ1) is 22.3. The maximum absolute atomic E-state index is 9.93. The second kappa shape index (κ2) is 14.9. The zero-order valence-corrected chi connectivity index (χ0v) is 15.2. The number of quaternary nitrogens is 1. The highest BCUT2D eigenvalue weighted by atomic mass is 16.5. The Labute approximate surface area is 141 Å². The zero-order chi connectivity index (χ0) is 17.4. The number of aliphatic carboxylic acids is 1. The van der Waals surface area contributed by atoms with Gasteiger partial charge in [0.15, 0.2) is 0 Å². The summed E-state index contributed by atoms with van der Waals surface area (Å²) in [5.41, 5.74) is 0. The van der Waals surface area contributed by atoms with Crippen molar-refractivity contribution in [3.05, 3.63) is 0 Å². The first-order valence-corrected chi connectivity index (χ1v) is 8.72. The largest absolute Gasteiger partial charge is 0.550 e. The number of methoxy groups -OCH3 is 1. The van der Waals surface area contributed by atoms with Gasteiger partial charge in [-0.2, -0.15) is 0 Å². The number of carboxylic acids is 1. The summed E-state index contributed by atoms with van der Waals surface area (Å²) in [5.74, 6) is -1.10. The van der Waals surface area contributed by atoms with Crippen molar-refractivity contribution in [2.24, 2.45) is 0 Å². The first-order chi connectivity index (χ1) is 11.0. The standard InChI is InChI=1S/C9H20N.C8H16O5/c1-3-4-7-10(2)8-5-6-9-10;1-11-4-5-13-7-6-12-3-2-8(9)10/h3-9H2,1-2H3;2-7H2,1H3,(H,9,10)/q+1;/p-1. The predicted octanol–water partition coefficient (Wildman–Crippen LogP) is 0.833. The second-order valence-corrected chi connectivity index (χ2v) is 6.19. The van der Waals surface area contributed by atoms with E-state index >= 15 is 0 Å². The van der Waals surface area contributed by atoms with Crippen molar-refractivity contribution in [1.29, 1.82) is 0 Å². The molecule has 0 unspecified atom stereocenters. The van der Waals surface area contributed by atoms with Crippen LogP contribution in [0.25, 0.3) is 0 Å². The van der Waals surface area contributed by atoms with Gasteiger partial charge in [0.05, 0.1) is 59.7 Å². The Kier molecular flexibility index (Phi) is 14.4. The van der Waals surface area contributed by atoms with Crippen molar-refractivity contribution < 1.29 is 28.6 Å². The van der Waals surface area contributed by atoms with Gasteiger partial charge in [-0.05, 0) is 6.42 Å². The molecule has 1 rings (SSSR count). The fraction of sp³-hybridized carbons (Fsp3) is 0.941. The summed E-state index contributed by atoms with van der Waals surface area (Å²) >= 11 is 0. The minimum absolute atomic E-state index is 0.0714. The molecule has 0 radical (unpaired) electrons. The van der Waals surface area contributed by atoms with E-state index in [4.69, 9.17) is 14.2 Å². The van der Waals surface area contributed by atoms with Crippen molar-refractivity contribution in [3.63, 3.8) is 0 Å². The molecule has 0 spiro atoms. The molecule has 6 heteroatoms. The summed E-state index contributed by atoms with van der Waals surface area (Å²) in [7, 11) is 4.00. The van der Waals surface area contributed by atoms with Gasteiger partial charge in [0, 0.05) is 32.3 Å².